The molecule has 6 nitrogen and oxygen atoms in total. The normalized spacial score (nSPS) is 10.7. The minimum atomic E-state index is 0.127. The highest BCUT2D eigenvalue weighted by Gasteiger charge is 2.06. The topological polar surface area (TPSA) is 72.0 Å². The van der Waals surface area contributed by atoms with Gasteiger partial charge in [0, 0.05) is 10.7 Å². The van der Waals surface area contributed by atoms with Gasteiger partial charge in [0.2, 0.25) is 5.95 Å². The summed E-state index contributed by atoms with van der Waals surface area (Å²) >= 11 is 12.2. The van der Waals surface area contributed by atoms with Gasteiger partial charge < -0.3 is 15.4 Å². The van der Waals surface area contributed by atoms with Crippen molar-refractivity contribution in [1.82, 2.24) is 15.2 Å². The van der Waals surface area contributed by atoms with Crippen LogP contribution in [-0.4, -0.2) is 21.3 Å². The lowest BCUT2D eigenvalue weighted by atomic mass is 10.3. The average molecular weight is 390 g/mol. The van der Waals surface area contributed by atoms with Gasteiger partial charge in [-0.05, 0) is 56.3 Å². The molecule has 2 aromatic carbocycles. The van der Waals surface area contributed by atoms with Crippen molar-refractivity contribution < 1.29 is 4.74 Å². The van der Waals surface area contributed by atoms with E-state index < -0.39 is 0 Å². The van der Waals surface area contributed by atoms with Crippen LogP contribution in [0.25, 0.3) is 0 Å². The molecule has 2 N–H and O–H groups in total. The van der Waals surface area contributed by atoms with E-state index >= 15 is 0 Å². The van der Waals surface area contributed by atoms with Crippen molar-refractivity contribution in [2.75, 3.05) is 10.6 Å². The Morgan fingerprint density at radius 2 is 1.77 bits per heavy atom. The molecule has 0 bridgehead atoms. The van der Waals surface area contributed by atoms with E-state index in [0.29, 0.717) is 27.5 Å². The largest absolute Gasteiger partial charge is 0.491 e. The average Bonchev–Trinajstić information content (AvgIpc) is 2.60. The fourth-order valence-electron chi connectivity index (χ4n) is 2.17. The standard InChI is InChI=1S/C18H17Cl2N5O/c1-11(2)26-14-6-4-13(5-7-14)22-18-24-17(10-21-25-18)23-16-9-12(19)3-8-15(16)20/h3-11H,1-2H3,(H2,22,23,24,25). The third-order valence-electron chi connectivity index (χ3n) is 3.23. The summed E-state index contributed by atoms with van der Waals surface area (Å²) in [6.45, 7) is 3.96. The summed E-state index contributed by atoms with van der Waals surface area (Å²) < 4.78 is 5.62. The Morgan fingerprint density at radius 1 is 1.00 bits per heavy atom. The highest BCUT2D eigenvalue weighted by molar-refractivity contribution is 6.35. The van der Waals surface area contributed by atoms with Crippen LogP contribution >= 0.6 is 23.2 Å². The maximum Gasteiger partial charge on any atom is 0.249 e. The Balaban J connectivity index is 1.72. The fourth-order valence-corrected chi connectivity index (χ4v) is 2.50. The molecule has 3 aromatic rings. The number of anilines is 4. The summed E-state index contributed by atoms with van der Waals surface area (Å²) in [6.07, 6.45) is 1.63. The molecule has 1 aromatic heterocycles. The molecule has 0 fully saturated rings. The molecule has 134 valence electrons. The lowest BCUT2D eigenvalue weighted by molar-refractivity contribution is 0.242. The molecule has 0 aliphatic carbocycles. The van der Waals surface area contributed by atoms with Crippen molar-refractivity contribution in [2.45, 2.75) is 20.0 Å². The number of benzene rings is 2. The van der Waals surface area contributed by atoms with Crippen molar-refractivity contribution in [2.24, 2.45) is 0 Å². The second kappa shape index (κ2) is 8.21. The van der Waals surface area contributed by atoms with Crippen molar-refractivity contribution in [3.8, 4) is 5.75 Å². The Bertz CT molecular complexity index is 887. The van der Waals surface area contributed by atoms with E-state index in [-0.39, 0.29) is 6.10 Å². The molecule has 0 atom stereocenters. The van der Waals surface area contributed by atoms with Gasteiger partial charge in [-0.15, -0.1) is 5.10 Å². The van der Waals surface area contributed by atoms with Crippen LogP contribution in [0.1, 0.15) is 13.8 Å². The zero-order valence-corrected chi connectivity index (χ0v) is 15.7. The quantitative estimate of drug-likeness (QED) is 0.583. The molecular weight excluding hydrogens is 373 g/mol. The number of nitrogens with one attached hydrogen (secondary N) is 2. The van der Waals surface area contributed by atoms with E-state index in [1.807, 2.05) is 38.1 Å². The van der Waals surface area contributed by atoms with Gasteiger partial charge in [-0.1, -0.05) is 23.2 Å². The first kappa shape index (κ1) is 18.2. The first-order valence-corrected chi connectivity index (χ1v) is 8.71. The third kappa shape index (κ3) is 4.97. The Hall–Kier alpha value is -2.57. The second-order valence-electron chi connectivity index (χ2n) is 5.73. The number of halogens is 2. The summed E-state index contributed by atoms with van der Waals surface area (Å²) in [4.78, 5) is 4.38. The van der Waals surface area contributed by atoms with Crippen LogP contribution in [0.4, 0.5) is 23.1 Å². The zero-order valence-electron chi connectivity index (χ0n) is 14.2. The molecule has 0 spiro atoms. The van der Waals surface area contributed by atoms with Gasteiger partial charge in [-0.3, -0.25) is 0 Å². The highest BCUT2D eigenvalue weighted by Crippen LogP contribution is 2.28. The van der Waals surface area contributed by atoms with Crippen molar-refractivity contribution in [3.63, 3.8) is 0 Å². The van der Waals surface area contributed by atoms with Crippen LogP contribution in [-0.2, 0) is 0 Å². The SMILES string of the molecule is CC(C)Oc1ccc(Nc2nncc(Nc3cc(Cl)ccc3Cl)n2)cc1. The molecule has 0 amide bonds. The van der Waals surface area contributed by atoms with Gasteiger partial charge in [0.05, 0.1) is 23.0 Å². The van der Waals surface area contributed by atoms with Gasteiger partial charge >= 0.3 is 0 Å². The number of ether oxygens (including phenoxy) is 1. The van der Waals surface area contributed by atoms with E-state index in [4.69, 9.17) is 27.9 Å². The smallest absolute Gasteiger partial charge is 0.249 e. The third-order valence-corrected chi connectivity index (χ3v) is 3.80. The molecule has 1 heterocycles. The van der Waals surface area contributed by atoms with Crippen LogP contribution in [0.2, 0.25) is 10.0 Å². The van der Waals surface area contributed by atoms with Gasteiger partial charge in [0.15, 0.2) is 5.82 Å². The van der Waals surface area contributed by atoms with Crippen LogP contribution < -0.4 is 15.4 Å². The second-order valence-corrected chi connectivity index (χ2v) is 6.57. The van der Waals surface area contributed by atoms with Gasteiger partial charge in [-0.25, -0.2) is 0 Å². The summed E-state index contributed by atoms with van der Waals surface area (Å²) in [5.41, 5.74) is 1.46. The molecule has 0 saturated heterocycles. The molecular formula is C18H17Cl2N5O. The van der Waals surface area contributed by atoms with Crippen molar-refractivity contribution in [3.05, 3.63) is 58.7 Å². The van der Waals surface area contributed by atoms with E-state index in [2.05, 4.69) is 25.8 Å². The maximum absolute atomic E-state index is 6.15. The van der Waals surface area contributed by atoms with E-state index in [9.17, 15) is 0 Å². The molecule has 0 aliphatic heterocycles. The van der Waals surface area contributed by atoms with Crippen molar-refractivity contribution >= 4 is 46.3 Å². The van der Waals surface area contributed by atoms with Crippen molar-refractivity contribution in [1.29, 1.82) is 0 Å². The Labute approximate surface area is 161 Å². The van der Waals surface area contributed by atoms with Gasteiger partial charge in [-0.2, -0.15) is 10.1 Å². The molecule has 0 saturated carbocycles. The summed E-state index contributed by atoms with van der Waals surface area (Å²) in [5.74, 6) is 1.65. The van der Waals surface area contributed by atoms with Crippen LogP contribution in [0.5, 0.6) is 5.75 Å². The summed E-state index contributed by atoms with van der Waals surface area (Å²) in [5, 5.41) is 15.2. The van der Waals surface area contributed by atoms with Crippen LogP contribution in [0.3, 0.4) is 0 Å². The first-order valence-electron chi connectivity index (χ1n) is 7.95. The minimum absolute atomic E-state index is 0.127. The minimum Gasteiger partial charge on any atom is -0.491 e. The van der Waals surface area contributed by atoms with Crippen LogP contribution in [0, 0.1) is 0 Å². The maximum atomic E-state index is 6.15. The summed E-state index contributed by atoms with van der Waals surface area (Å²) in [6, 6.07) is 12.7. The number of nitrogens with zero attached hydrogens (tertiary/aromatic N) is 3. The Kier molecular flexibility index (Phi) is 5.75. The Morgan fingerprint density at radius 3 is 2.50 bits per heavy atom. The predicted molar refractivity (Wildman–Crippen MR) is 105 cm³/mol. The van der Waals surface area contributed by atoms with E-state index in [0.717, 1.165) is 11.4 Å². The highest BCUT2D eigenvalue weighted by atomic mass is 35.5. The molecule has 26 heavy (non-hydrogen) atoms. The molecule has 3 rings (SSSR count). The van der Waals surface area contributed by atoms with Gasteiger partial charge in [0.25, 0.3) is 0 Å². The lowest BCUT2D eigenvalue weighted by Gasteiger charge is -2.11. The van der Waals surface area contributed by atoms with Gasteiger partial charge in [0.1, 0.15) is 5.75 Å². The van der Waals surface area contributed by atoms with E-state index in [1.54, 1.807) is 18.2 Å². The number of rotatable bonds is 6. The molecule has 0 radical (unpaired) electrons. The molecule has 8 heteroatoms. The first-order chi connectivity index (χ1) is 12.5. The number of hydrogen-bond acceptors (Lipinski definition) is 6. The lowest BCUT2D eigenvalue weighted by Crippen LogP contribution is -2.05. The zero-order chi connectivity index (χ0) is 18.5. The van der Waals surface area contributed by atoms with Crippen LogP contribution in [0.15, 0.2) is 48.7 Å². The monoisotopic (exact) mass is 389 g/mol. The number of aromatic nitrogens is 3. The number of hydrogen-bond donors (Lipinski definition) is 2. The summed E-state index contributed by atoms with van der Waals surface area (Å²) in [7, 11) is 0. The fraction of sp³-hybridized carbons (Fsp3) is 0.167. The predicted octanol–water partition coefficient (Wildman–Crippen LogP) is 5.45. The molecule has 0 unspecified atom stereocenters. The van der Waals surface area contributed by atoms with E-state index in [1.165, 1.54) is 6.20 Å². The molecule has 0 aliphatic rings.